The van der Waals surface area contributed by atoms with Crippen LogP contribution in [0.2, 0.25) is 0 Å². The number of aliphatic hydroxyl groups excluding tert-OH is 1. The van der Waals surface area contributed by atoms with Crippen molar-refractivity contribution < 1.29 is 18.7 Å². The van der Waals surface area contributed by atoms with Crippen LogP contribution >= 0.6 is 11.3 Å². The number of hydrogen-bond acceptors (Lipinski definition) is 5. The molecule has 6 nitrogen and oxygen atoms in total. The molecule has 0 radical (unpaired) electrons. The zero-order valence-electron chi connectivity index (χ0n) is 10.9. The molecular weight excluding hydrogens is 290 g/mol. The molecule has 2 unspecified atom stereocenters. The van der Waals surface area contributed by atoms with Gasteiger partial charge in [0.2, 0.25) is 5.13 Å². The Balaban J connectivity index is 1.92. The number of nitrogens with one attached hydrogen (secondary N) is 2. The van der Waals surface area contributed by atoms with E-state index >= 15 is 0 Å². The lowest BCUT2D eigenvalue weighted by Crippen LogP contribution is -2.46. The van der Waals surface area contributed by atoms with Crippen molar-refractivity contribution in [2.45, 2.75) is 38.7 Å². The molecule has 0 bridgehead atoms. The maximum absolute atomic E-state index is 12.3. The summed E-state index contributed by atoms with van der Waals surface area (Å²) in [5.41, 5.74) is -0.341. The van der Waals surface area contributed by atoms with Crippen LogP contribution in [0.1, 0.15) is 37.6 Å². The lowest BCUT2D eigenvalue weighted by molar-refractivity contribution is 0.122. The average Bonchev–Trinajstić information content (AvgIpc) is 2.98. The van der Waals surface area contributed by atoms with Crippen LogP contribution in [0.5, 0.6) is 0 Å². The minimum absolute atomic E-state index is 0.00765. The van der Waals surface area contributed by atoms with Gasteiger partial charge in [0.15, 0.2) is 5.01 Å². The first-order chi connectivity index (χ1) is 9.44. The zero-order valence-corrected chi connectivity index (χ0v) is 11.7. The zero-order chi connectivity index (χ0) is 14.8. The molecule has 1 aromatic rings. The molecule has 1 saturated carbocycles. The Morgan fingerprint density at radius 1 is 1.60 bits per heavy atom. The summed E-state index contributed by atoms with van der Waals surface area (Å²) in [5.74, 6) is 0. The summed E-state index contributed by atoms with van der Waals surface area (Å²) >= 11 is 0.639. The lowest BCUT2D eigenvalue weighted by atomic mass is 9.86. The molecule has 1 aromatic heterocycles. The Labute approximate surface area is 118 Å². The van der Waals surface area contributed by atoms with E-state index in [0.717, 1.165) is 19.3 Å². The number of hydrogen-bond donors (Lipinski definition) is 3. The first-order valence-corrected chi connectivity index (χ1v) is 7.06. The van der Waals surface area contributed by atoms with Gasteiger partial charge in [0.25, 0.3) is 6.43 Å². The minimum atomic E-state index is -2.70. The highest BCUT2D eigenvalue weighted by molar-refractivity contribution is 7.15. The van der Waals surface area contributed by atoms with Crippen molar-refractivity contribution in [2.24, 2.45) is 5.41 Å². The fourth-order valence-electron chi connectivity index (χ4n) is 2.33. The van der Waals surface area contributed by atoms with Gasteiger partial charge in [-0.15, -0.1) is 10.2 Å². The van der Waals surface area contributed by atoms with Gasteiger partial charge in [0.1, 0.15) is 0 Å². The standard InChI is InChI=1S/C11H16F2N4O2S/c1-11(5-18)4-2-3-6(11)14-9(19)15-10-17-16-8(20-10)7(12)13/h6-7,18H,2-5H2,1H3,(H2,14,15,17,19). The summed E-state index contributed by atoms with van der Waals surface area (Å²) in [5, 5.41) is 20.9. The van der Waals surface area contributed by atoms with E-state index < -0.39 is 17.5 Å². The number of aromatic nitrogens is 2. The predicted octanol–water partition coefficient (Wildman–Crippen LogP) is 2.15. The van der Waals surface area contributed by atoms with Gasteiger partial charge in [-0.25, -0.2) is 13.6 Å². The van der Waals surface area contributed by atoms with Crippen LogP contribution in [0, 0.1) is 5.41 Å². The number of amides is 2. The molecule has 20 heavy (non-hydrogen) atoms. The average molecular weight is 306 g/mol. The van der Waals surface area contributed by atoms with Crippen molar-refractivity contribution in [3.8, 4) is 0 Å². The van der Waals surface area contributed by atoms with Gasteiger partial charge in [0, 0.05) is 11.5 Å². The largest absolute Gasteiger partial charge is 0.396 e. The lowest BCUT2D eigenvalue weighted by Gasteiger charge is -2.29. The molecule has 1 heterocycles. The fourth-order valence-corrected chi connectivity index (χ4v) is 2.93. The summed E-state index contributed by atoms with van der Waals surface area (Å²) in [6.07, 6.45) is -0.152. The monoisotopic (exact) mass is 306 g/mol. The number of carbonyl (C=O) groups excluding carboxylic acids is 1. The number of rotatable bonds is 4. The minimum Gasteiger partial charge on any atom is -0.396 e. The van der Waals surface area contributed by atoms with Gasteiger partial charge in [0.05, 0.1) is 6.61 Å². The topological polar surface area (TPSA) is 87.1 Å². The normalized spacial score (nSPS) is 25.9. The molecule has 0 aromatic carbocycles. The van der Waals surface area contributed by atoms with E-state index in [9.17, 15) is 18.7 Å². The van der Waals surface area contributed by atoms with Crippen LogP contribution < -0.4 is 10.6 Å². The quantitative estimate of drug-likeness (QED) is 0.795. The third-order valence-electron chi connectivity index (χ3n) is 3.60. The molecule has 112 valence electrons. The number of anilines is 1. The number of nitrogens with zero attached hydrogens (tertiary/aromatic N) is 2. The number of alkyl halides is 2. The van der Waals surface area contributed by atoms with Crippen molar-refractivity contribution in [2.75, 3.05) is 11.9 Å². The molecule has 3 N–H and O–H groups in total. The van der Waals surface area contributed by atoms with Crippen molar-refractivity contribution in [3.05, 3.63) is 5.01 Å². The highest BCUT2D eigenvalue weighted by Crippen LogP contribution is 2.37. The summed E-state index contributed by atoms with van der Waals surface area (Å²) in [6.45, 7) is 1.90. The van der Waals surface area contributed by atoms with Crippen LogP contribution in [-0.4, -0.2) is 34.0 Å². The molecule has 1 fully saturated rings. The maximum atomic E-state index is 12.3. The Kier molecular flexibility index (Phi) is 4.48. The Morgan fingerprint density at radius 3 is 2.95 bits per heavy atom. The summed E-state index contributed by atoms with van der Waals surface area (Å²) < 4.78 is 24.7. The van der Waals surface area contributed by atoms with E-state index in [0.29, 0.717) is 11.3 Å². The van der Waals surface area contributed by atoms with Crippen molar-refractivity contribution in [1.82, 2.24) is 15.5 Å². The second-order valence-electron chi connectivity index (χ2n) is 5.10. The van der Waals surface area contributed by atoms with Gasteiger partial charge in [-0.3, -0.25) is 5.32 Å². The molecule has 0 aliphatic heterocycles. The number of urea groups is 1. The van der Waals surface area contributed by atoms with E-state index in [1.807, 2.05) is 6.92 Å². The highest BCUT2D eigenvalue weighted by atomic mass is 32.1. The van der Waals surface area contributed by atoms with Gasteiger partial charge in [-0.2, -0.15) is 0 Å². The molecule has 2 rings (SSSR count). The van der Waals surface area contributed by atoms with Crippen LogP contribution in [0.3, 0.4) is 0 Å². The smallest absolute Gasteiger partial charge is 0.321 e. The maximum Gasteiger partial charge on any atom is 0.321 e. The third-order valence-corrected chi connectivity index (χ3v) is 4.44. The molecule has 0 spiro atoms. The van der Waals surface area contributed by atoms with Crippen molar-refractivity contribution >= 4 is 22.5 Å². The molecule has 0 saturated heterocycles. The molecule has 1 aliphatic rings. The van der Waals surface area contributed by atoms with Crippen LogP contribution in [0.15, 0.2) is 0 Å². The Hall–Kier alpha value is -1.35. The molecular formula is C11H16F2N4O2S. The van der Waals surface area contributed by atoms with Gasteiger partial charge < -0.3 is 10.4 Å². The van der Waals surface area contributed by atoms with Crippen LogP contribution in [0.4, 0.5) is 18.7 Å². The van der Waals surface area contributed by atoms with E-state index in [4.69, 9.17) is 0 Å². The second-order valence-corrected chi connectivity index (χ2v) is 6.11. The summed E-state index contributed by atoms with van der Waals surface area (Å²) in [7, 11) is 0. The first-order valence-electron chi connectivity index (χ1n) is 6.24. The van der Waals surface area contributed by atoms with Gasteiger partial charge >= 0.3 is 6.03 Å². The van der Waals surface area contributed by atoms with E-state index in [2.05, 4.69) is 20.8 Å². The van der Waals surface area contributed by atoms with E-state index in [-0.39, 0.29) is 23.2 Å². The van der Waals surface area contributed by atoms with Crippen molar-refractivity contribution in [3.63, 3.8) is 0 Å². The predicted molar refractivity (Wildman–Crippen MR) is 69.9 cm³/mol. The molecule has 2 amide bonds. The van der Waals surface area contributed by atoms with Crippen LogP contribution in [-0.2, 0) is 0 Å². The second kappa shape index (κ2) is 5.96. The SMILES string of the molecule is CC1(CO)CCCC1NC(=O)Nc1nnc(C(F)F)s1. The van der Waals surface area contributed by atoms with E-state index in [1.165, 1.54) is 0 Å². The first kappa shape index (κ1) is 15.0. The summed E-state index contributed by atoms with van der Waals surface area (Å²) in [6, 6.07) is -0.663. The Morgan fingerprint density at radius 2 is 2.35 bits per heavy atom. The fraction of sp³-hybridized carbons (Fsp3) is 0.727. The number of halogens is 2. The molecule has 9 heteroatoms. The third kappa shape index (κ3) is 3.21. The van der Waals surface area contributed by atoms with E-state index in [1.54, 1.807) is 0 Å². The van der Waals surface area contributed by atoms with Gasteiger partial charge in [-0.1, -0.05) is 24.7 Å². The Bertz CT molecular complexity index is 485. The summed E-state index contributed by atoms with van der Waals surface area (Å²) in [4.78, 5) is 11.8. The van der Waals surface area contributed by atoms with Crippen LogP contribution in [0.25, 0.3) is 0 Å². The number of aliphatic hydroxyl groups is 1. The highest BCUT2D eigenvalue weighted by Gasteiger charge is 2.39. The molecule has 2 atom stereocenters. The van der Waals surface area contributed by atoms with Gasteiger partial charge in [-0.05, 0) is 12.8 Å². The molecule has 1 aliphatic carbocycles. The van der Waals surface area contributed by atoms with Crippen molar-refractivity contribution in [1.29, 1.82) is 0 Å². The number of carbonyl (C=O) groups is 1.